The topological polar surface area (TPSA) is 39.7 Å². The van der Waals surface area contributed by atoms with E-state index in [9.17, 15) is 0 Å². The van der Waals surface area contributed by atoms with Gasteiger partial charge < -0.3 is 15.5 Å². The Labute approximate surface area is 135 Å². The molecule has 1 fully saturated rings. The van der Waals surface area contributed by atoms with Crippen molar-refractivity contribution in [2.75, 3.05) is 33.2 Å². The summed E-state index contributed by atoms with van der Waals surface area (Å²) in [5.74, 6) is 1.65. The SMILES string of the molecule is CCNC(=NCc1cccc(C)c1)NCC1CCCN(C)C1. The molecule has 0 radical (unpaired) electrons. The van der Waals surface area contributed by atoms with Gasteiger partial charge >= 0.3 is 0 Å². The van der Waals surface area contributed by atoms with E-state index in [0.717, 1.165) is 31.5 Å². The van der Waals surface area contributed by atoms with Gasteiger partial charge in [-0.1, -0.05) is 29.8 Å². The standard InChI is InChI=1S/C18H30N4/c1-4-19-18(20-12-16-8-5-7-15(2)11-16)21-13-17-9-6-10-22(3)14-17/h5,7-8,11,17H,4,6,9-10,12-14H2,1-3H3,(H2,19,20,21). The molecule has 2 rings (SSSR count). The zero-order valence-electron chi connectivity index (χ0n) is 14.2. The van der Waals surface area contributed by atoms with Crippen LogP contribution in [0.15, 0.2) is 29.3 Å². The van der Waals surface area contributed by atoms with Crippen molar-refractivity contribution >= 4 is 5.96 Å². The molecule has 1 aliphatic heterocycles. The fraction of sp³-hybridized carbons (Fsp3) is 0.611. The van der Waals surface area contributed by atoms with Gasteiger partial charge in [-0.2, -0.15) is 0 Å². The number of piperidine rings is 1. The second kappa shape index (κ2) is 8.79. The predicted molar refractivity (Wildman–Crippen MR) is 94.2 cm³/mol. The van der Waals surface area contributed by atoms with Crippen molar-refractivity contribution in [1.82, 2.24) is 15.5 Å². The van der Waals surface area contributed by atoms with Crippen LogP contribution in [0.4, 0.5) is 0 Å². The number of hydrogen-bond acceptors (Lipinski definition) is 2. The lowest BCUT2D eigenvalue weighted by Gasteiger charge is -2.30. The summed E-state index contributed by atoms with van der Waals surface area (Å²) in [5, 5.41) is 6.85. The van der Waals surface area contributed by atoms with E-state index in [1.807, 2.05) is 0 Å². The molecule has 1 unspecified atom stereocenters. The summed E-state index contributed by atoms with van der Waals surface area (Å²) in [7, 11) is 2.21. The molecule has 1 aliphatic rings. The third kappa shape index (κ3) is 5.68. The lowest BCUT2D eigenvalue weighted by Crippen LogP contribution is -2.43. The van der Waals surface area contributed by atoms with E-state index in [1.165, 1.54) is 37.1 Å². The van der Waals surface area contributed by atoms with Crippen LogP contribution < -0.4 is 10.6 Å². The van der Waals surface area contributed by atoms with Gasteiger partial charge in [0.1, 0.15) is 0 Å². The number of aryl methyl sites for hydroxylation is 1. The number of aliphatic imine (C=N–C) groups is 1. The molecule has 1 saturated heterocycles. The minimum absolute atomic E-state index is 0.724. The number of nitrogens with zero attached hydrogens (tertiary/aromatic N) is 2. The maximum absolute atomic E-state index is 4.71. The van der Waals surface area contributed by atoms with E-state index < -0.39 is 0 Å². The van der Waals surface area contributed by atoms with Crippen molar-refractivity contribution in [2.24, 2.45) is 10.9 Å². The molecule has 4 heteroatoms. The van der Waals surface area contributed by atoms with E-state index in [4.69, 9.17) is 4.99 Å². The van der Waals surface area contributed by atoms with Crippen molar-refractivity contribution in [3.63, 3.8) is 0 Å². The van der Waals surface area contributed by atoms with Gasteiger partial charge in [-0.15, -0.1) is 0 Å². The van der Waals surface area contributed by atoms with Gasteiger partial charge in [-0.25, -0.2) is 4.99 Å². The molecule has 1 heterocycles. The van der Waals surface area contributed by atoms with Gasteiger partial charge in [0.2, 0.25) is 0 Å². The molecule has 4 nitrogen and oxygen atoms in total. The van der Waals surface area contributed by atoms with E-state index in [2.05, 4.69) is 60.7 Å². The Morgan fingerprint density at radius 2 is 2.23 bits per heavy atom. The number of rotatable bonds is 5. The highest BCUT2D eigenvalue weighted by molar-refractivity contribution is 5.79. The van der Waals surface area contributed by atoms with Gasteiger partial charge in [0, 0.05) is 19.6 Å². The van der Waals surface area contributed by atoms with Gasteiger partial charge in [0.15, 0.2) is 5.96 Å². The first-order valence-corrected chi connectivity index (χ1v) is 8.43. The van der Waals surface area contributed by atoms with Crippen LogP contribution in [-0.4, -0.2) is 44.1 Å². The van der Waals surface area contributed by atoms with E-state index in [-0.39, 0.29) is 0 Å². The Hall–Kier alpha value is -1.55. The molecule has 0 spiro atoms. The van der Waals surface area contributed by atoms with Gasteiger partial charge in [-0.05, 0) is 51.8 Å². The number of benzene rings is 1. The average molecular weight is 302 g/mol. The normalized spacial score (nSPS) is 20.0. The molecule has 1 aromatic carbocycles. The Morgan fingerprint density at radius 1 is 1.36 bits per heavy atom. The fourth-order valence-corrected chi connectivity index (χ4v) is 3.00. The summed E-state index contributed by atoms with van der Waals surface area (Å²) < 4.78 is 0. The molecule has 0 aliphatic carbocycles. The Morgan fingerprint density at radius 3 is 2.95 bits per heavy atom. The van der Waals surface area contributed by atoms with Crippen molar-refractivity contribution in [2.45, 2.75) is 33.2 Å². The van der Waals surface area contributed by atoms with Crippen LogP contribution >= 0.6 is 0 Å². The number of hydrogen-bond donors (Lipinski definition) is 2. The van der Waals surface area contributed by atoms with Crippen molar-refractivity contribution in [1.29, 1.82) is 0 Å². The molecular weight excluding hydrogens is 272 g/mol. The van der Waals surface area contributed by atoms with Crippen LogP contribution in [0.1, 0.15) is 30.9 Å². The smallest absolute Gasteiger partial charge is 0.191 e. The zero-order chi connectivity index (χ0) is 15.8. The Balaban J connectivity index is 1.86. The second-order valence-electron chi connectivity index (χ2n) is 6.34. The van der Waals surface area contributed by atoms with E-state index >= 15 is 0 Å². The minimum Gasteiger partial charge on any atom is -0.357 e. The minimum atomic E-state index is 0.724. The van der Waals surface area contributed by atoms with Crippen LogP contribution in [-0.2, 0) is 6.54 Å². The lowest BCUT2D eigenvalue weighted by molar-refractivity contribution is 0.210. The maximum atomic E-state index is 4.71. The average Bonchev–Trinajstić information content (AvgIpc) is 2.50. The highest BCUT2D eigenvalue weighted by atomic mass is 15.2. The van der Waals surface area contributed by atoms with Gasteiger partial charge in [0.05, 0.1) is 6.54 Å². The maximum Gasteiger partial charge on any atom is 0.191 e. The summed E-state index contributed by atoms with van der Waals surface area (Å²) in [5.41, 5.74) is 2.55. The number of nitrogens with one attached hydrogen (secondary N) is 2. The van der Waals surface area contributed by atoms with Crippen LogP contribution in [0.25, 0.3) is 0 Å². The van der Waals surface area contributed by atoms with Gasteiger partial charge in [0.25, 0.3) is 0 Å². The summed E-state index contributed by atoms with van der Waals surface area (Å²) in [6, 6.07) is 8.55. The highest BCUT2D eigenvalue weighted by Gasteiger charge is 2.17. The largest absolute Gasteiger partial charge is 0.357 e. The zero-order valence-corrected chi connectivity index (χ0v) is 14.2. The second-order valence-corrected chi connectivity index (χ2v) is 6.34. The molecule has 0 aromatic heterocycles. The fourth-order valence-electron chi connectivity index (χ4n) is 3.00. The van der Waals surface area contributed by atoms with Crippen LogP contribution in [0.5, 0.6) is 0 Å². The van der Waals surface area contributed by atoms with Crippen molar-refractivity contribution < 1.29 is 0 Å². The summed E-state index contributed by atoms with van der Waals surface area (Å²) in [6.07, 6.45) is 2.62. The quantitative estimate of drug-likeness (QED) is 0.648. The van der Waals surface area contributed by atoms with E-state index in [0.29, 0.717) is 0 Å². The molecule has 0 bridgehead atoms. The molecular formula is C18H30N4. The van der Waals surface area contributed by atoms with Crippen molar-refractivity contribution in [3.8, 4) is 0 Å². The number of likely N-dealkylation sites (tertiary alicyclic amines) is 1. The molecule has 122 valence electrons. The number of guanidine groups is 1. The first kappa shape index (κ1) is 16.8. The monoisotopic (exact) mass is 302 g/mol. The van der Waals surface area contributed by atoms with E-state index in [1.54, 1.807) is 0 Å². The molecule has 1 atom stereocenters. The molecule has 0 saturated carbocycles. The molecule has 1 aromatic rings. The lowest BCUT2D eigenvalue weighted by atomic mass is 9.99. The molecule has 22 heavy (non-hydrogen) atoms. The summed E-state index contributed by atoms with van der Waals surface area (Å²) >= 11 is 0. The first-order valence-electron chi connectivity index (χ1n) is 8.43. The predicted octanol–water partition coefficient (Wildman–Crippen LogP) is 2.39. The summed E-state index contributed by atoms with van der Waals surface area (Å²) in [6.45, 7) is 9.27. The van der Waals surface area contributed by atoms with Gasteiger partial charge in [-0.3, -0.25) is 0 Å². The summed E-state index contributed by atoms with van der Waals surface area (Å²) in [4.78, 5) is 7.13. The Bertz CT molecular complexity index is 484. The van der Waals surface area contributed by atoms with Crippen LogP contribution in [0.2, 0.25) is 0 Å². The van der Waals surface area contributed by atoms with Crippen LogP contribution in [0.3, 0.4) is 0 Å². The third-order valence-corrected chi connectivity index (χ3v) is 4.13. The third-order valence-electron chi connectivity index (χ3n) is 4.13. The molecule has 2 N–H and O–H groups in total. The first-order chi connectivity index (χ1) is 10.7. The van der Waals surface area contributed by atoms with Crippen LogP contribution in [0, 0.1) is 12.8 Å². The highest BCUT2D eigenvalue weighted by Crippen LogP contribution is 2.13. The molecule has 0 amide bonds. The Kier molecular flexibility index (Phi) is 6.72. The van der Waals surface area contributed by atoms with Crippen molar-refractivity contribution in [3.05, 3.63) is 35.4 Å².